The fourth-order valence-electron chi connectivity index (χ4n) is 0.867. The van der Waals surface area contributed by atoms with Gasteiger partial charge in [0.05, 0.1) is 0 Å². The molecule has 1 N–H and O–H groups in total. The molecular weight excluding hydrogens is 305 g/mol. The summed E-state index contributed by atoms with van der Waals surface area (Å²) in [6.45, 7) is 3.88. The number of amides is 1. The van der Waals surface area contributed by atoms with Gasteiger partial charge in [0.15, 0.2) is 0 Å². The molecular formula is C11H22INO2. The Hall–Kier alpha value is 0. The van der Waals surface area contributed by atoms with Gasteiger partial charge < -0.3 is 10.1 Å². The molecule has 0 bridgehead atoms. The van der Waals surface area contributed by atoms with Gasteiger partial charge >= 0.3 is 6.09 Å². The van der Waals surface area contributed by atoms with Crippen molar-refractivity contribution in [3.63, 3.8) is 0 Å². The Bertz CT molecular complexity index is 349. The maximum Gasteiger partial charge on any atom is 0.407 e. The van der Waals surface area contributed by atoms with Gasteiger partial charge in [-0.15, -0.1) is 0 Å². The summed E-state index contributed by atoms with van der Waals surface area (Å²) >= 11 is 1.38. The Morgan fingerprint density at radius 3 is 2.67 bits per heavy atom. The van der Waals surface area contributed by atoms with E-state index in [9.17, 15) is 4.79 Å². The van der Waals surface area contributed by atoms with Crippen molar-refractivity contribution in [1.82, 2.24) is 5.32 Å². The fraction of sp³-hybridized carbons (Fsp3) is 0.909. The van der Waals surface area contributed by atoms with Crippen molar-refractivity contribution < 1.29 is 17.8 Å². The molecule has 0 saturated carbocycles. The molecule has 0 spiro atoms. The summed E-state index contributed by atoms with van der Waals surface area (Å²) in [5.74, 6) is -1.53. The Balaban J connectivity index is 4.96. The summed E-state index contributed by atoms with van der Waals surface area (Å²) in [6.07, 6.45) is -2.09. The molecule has 0 rings (SSSR count). The van der Waals surface area contributed by atoms with Crippen LogP contribution in [-0.2, 0) is 4.74 Å². The Kier molecular flexibility index (Phi) is 3.21. The van der Waals surface area contributed by atoms with Crippen molar-refractivity contribution >= 4 is 28.7 Å². The Morgan fingerprint density at radius 1 is 1.67 bits per heavy atom. The number of ether oxygens (including phenoxy) is 1. The highest BCUT2D eigenvalue weighted by molar-refractivity contribution is 14.1. The molecule has 0 unspecified atom stereocenters. The van der Waals surface area contributed by atoms with Gasteiger partial charge in [-0.25, -0.2) is 4.79 Å². The molecule has 1 amide bonds. The van der Waals surface area contributed by atoms with Gasteiger partial charge in [0, 0.05) is 18.6 Å². The first-order valence-electron chi connectivity index (χ1n) is 7.74. The predicted octanol–water partition coefficient (Wildman–Crippen LogP) is 3.36. The van der Waals surface area contributed by atoms with E-state index in [0.717, 1.165) is 0 Å². The molecule has 0 heterocycles. The zero-order chi connectivity index (χ0) is 17.2. The molecule has 0 aromatic heterocycles. The van der Waals surface area contributed by atoms with Crippen LogP contribution < -0.4 is 5.32 Å². The fourth-order valence-corrected chi connectivity index (χ4v) is 1.07. The smallest absolute Gasteiger partial charge is 0.407 e. The molecule has 3 nitrogen and oxygen atoms in total. The molecule has 3 atom stereocenters. The van der Waals surface area contributed by atoms with Gasteiger partial charge in [0.2, 0.25) is 0 Å². The average Bonchev–Trinajstić information content (AvgIpc) is 2.08. The average molecular weight is 333 g/mol. The summed E-state index contributed by atoms with van der Waals surface area (Å²) in [5.41, 5.74) is -0.706. The summed E-state index contributed by atoms with van der Waals surface area (Å²) in [5, 5.41) is 2.39. The van der Waals surface area contributed by atoms with Crippen molar-refractivity contribution in [2.75, 3.05) is 4.38 Å². The van der Waals surface area contributed by atoms with Gasteiger partial charge in [-0.2, -0.15) is 0 Å². The van der Waals surface area contributed by atoms with E-state index in [1.165, 1.54) is 29.5 Å². The number of alkyl carbamates (subject to hydrolysis) is 1. The highest BCUT2D eigenvalue weighted by Gasteiger charge is 2.18. The highest BCUT2D eigenvalue weighted by Crippen LogP contribution is 2.10. The SMILES string of the molecule is [2H][C@H]([C@@H](C)NC(=O)OC(C)(C)C)[C@@H](C([2H])([2H])I)[12C]([2H])([2H])[2H]. The number of nitrogens with one attached hydrogen (secondary N) is 1. The standard InChI is InChI=1S/C11H22INO2/c1-8(7-12)6-9(2)13-10(14)15-11(3,4)5/h8-9H,6-7H2,1-5H3,(H,13,14)/t8-,9+/m0/s1/i1+0D3,6D,7D2/t6-,8-,9+. The Labute approximate surface area is 115 Å². The maximum atomic E-state index is 11.6. The topological polar surface area (TPSA) is 38.3 Å². The quantitative estimate of drug-likeness (QED) is 0.633. The number of hydrogen-bond acceptors (Lipinski definition) is 2. The van der Waals surface area contributed by atoms with Gasteiger partial charge in [-0.1, -0.05) is 29.4 Å². The molecule has 0 aliphatic carbocycles. The van der Waals surface area contributed by atoms with Crippen LogP contribution in [0.2, 0.25) is 0 Å². The molecule has 90 valence electrons. The molecule has 0 aliphatic heterocycles. The van der Waals surface area contributed by atoms with Crippen molar-refractivity contribution in [1.29, 1.82) is 0 Å². The molecule has 0 aromatic rings. The minimum atomic E-state index is -2.64. The van der Waals surface area contributed by atoms with E-state index in [1.807, 2.05) is 0 Å². The second-order valence-electron chi connectivity index (χ2n) is 4.21. The largest absolute Gasteiger partial charge is 0.444 e. The second kappa shape index (κ2) is 6.55. The summed E-state index contributed by atoms with van der Waals surface area (Å²) in [4.78, 5) is 11.6. The molecule has 0 saturated heterocycles. The summed E-state index contributed by atoms with van der Waals surface area (Å²) in [7, 11) is 0. The second-order valence-corrected chi connectivity index (χ2v) is 4.84. The van der Waals surface area contributed by atoms with Crippen molar-refractivity contribution in [3.8, 4) is 0 Å². The van der Waals surface area contributed by atoms with Gasteiger partial charge in [-0.3, -0.25) is 0 Å². The number of carbonyl (C=O) groups is 1. The van der Waals surface area contributed by atoms with Crippen LogP contribution in [0.1, 0.15) is 49.2 Å². The van der Waals surface area contributed by atoms with Crippen molar-refractivity contribution in [2.24, 2.45) is 5.92 Å². The number of halogens is 1. The van der Waals surface area contributed by atoms with Crippen LogP contribution in [-0.4, -0.2) is 22.1 Å². The lowest BCUT2D eigenvalue weighted by Gasteiger charge is -2.22. The monoisotopic (exact) mass is 333 g/mol. The first kappa shape index (κ1) is 7.35. The number of alkyl halides is 1. The third-order valence-corrected chi connectivity index (χ3v) is 2.01. The lowest BCUT2D eigenvalue weighted by molar-refractivity contribution is 0.0504. The third kappa shape index (κ3) is 8.96. The van der Waals surface area contributed by atoms with E-state index >= 15 is 0 Å². The van der Waals surface area contributed by atoms with Gasteiger partial charge in [0.1, 0.15) is 5.60 Å². The van der Waals surface area contributed by atoms with Crippen LogP contribution in [0.4, 0.5) is 4.79 Å². The molecule has 0 fully saturated rings. The number of rotatable bonds is 4. The first-order valence-corrected chi connectivity index (χ1v) is 5.74. The van der Waals surface area contributed by atoms with Gasteiger partial charge in [-0.05, 0) is 40.0 Å². The lowest BCUT2D eigenvalue weighted by Crippen LogP contribution is -2.38. The van der Waals surface area contributed by atoms with E-state index in [-0.39, 0.29) is 0 Å². The third-order valence-electron chi connectivity index (χ3n) is 1.34. The Morgan fingerprint density at radius 2 is 2.27 bits per heavy atom. The molecule has 0 radical (unpaired) electrons. The van der Waals surface area contributed by atoms with Crippen LogP contribution in [0.25, 0.3) is 0 Å². The van der Waals surface area contributed by atoms with E-state index in [1.54, 1.807) is 20.8 Å². The van der Waals surface area contributed by atoms with Gasteiger partial charge in [0.25, 0.3) is 0 Å². The normalized spacial score (nSPS) is 25.4. The summed E-state index contributed by atoms with van der Waals surface area (Å²) in [6, 6.07) is -0.866. The molecule has 0 aromatic carbocycles. The summed E-state index contributed by atoms with van der Waals surface area (Å²) < 4.78 is 48.4. The lowest BCUT2D eigenvalue weighted by atomic mass is 10.1. The minimum absolute atomic E-state index is 0.706. The van der Waals surface area contributed by atoms with Crippen molar-refractivity contribution in [2.45, 2.75) is 52.6 Å². The minimum Gasteiger partial charge on any atom is -0.444 e. The predicted molar refractivity (Wildman–Crippen MR) is 71.5 cm³/mol. The maximum absolute atomic E-state index is 11.6. The molecule has 15 heavy (non-hydrogen) atoms. The first-order chi connectivity index (χ1) is 9.05. The van der Waals surface area contributed by atoms with E-state index in [0.29, 0.717) is 0 Å². The molecule has 0 aliphatic rings. The van der Waals surface area contributed by atoms with Crippen LogP contribution in [0.15, 0.2) is 0 Å². The number of carbonyl (C=O) groups excluding carboxylic acids is 1. The van der Waals surface area contributed by atoms with E-state index in [2.05, 4.69) is 5.32 Å². The van der Waals surface area contributed by atoms with E-state index < -0.39 is 41.3 Å². The zero-order valence-corrected chi connectivity index (χ0v) is 11.6. The zero-order valence-electron chi connectivity index (χ0n) is 15.4. The van der Waals surface area contributed by atoms with Crippen LogP contribution >= 0.6 is 22.6 Å². The van der Waals surface area contributed by atoms with E-state index in [4.69, 9.17) is 13.0 Å². The number of hydrogen-bond donors (Lipinski definition) is 1. The highest BCUT2D eigenvalue weighted by atomic mass is 127. The van der Waals surface area contributed by atoms with Crippen LogP contribution in [0.5, 0.6) is 0 Å². The van der Waals surface area contributed by atoms with Crippen LogP contribution in [0.3, 0.4) is 0 Å². The molecule has 4 heteroatoms. The van der Waals surface area contributed by atoms with Crippen molar-refractivity contribution in [3.05, 3.63) is 0 Å². The van der Waals surface area contributed by atoms with Crippen LogP contribution in [0, 0.1) is 5.92 Å².